The molecule has 2 aliphatic carbocycles. The van der Waals surface area contributed by atoms with Gasteiger partial charge in [0, 0.05) is 18.9 Å². The Morgan fingerprint density at radius 2 is 2.08 bits per heavy atom. The fraction of sp³-hybridized carbons (Fsp3) is 0.526. The predicted octanol–water partition coefficient (Wildman–Crippen LogP) is 2.20. The van der Waals surface area contributed by atoms with Crippen LogP contribution < -0.4 is 5.32 Å². The van der Waals surface area contributed by atoms with Crippen LogP contribution in [0, 0.1) is 17.8 Å². The second-order valence-corrected chi connectivity index (χ2v) is 7.18. The topological polar surface area (TPSA) is 84.1 Å². The van der Waals surface area contributed by atoms with Gasteiger partial charge >= 0.3 is 5.97 Å². The summed E-state index contributed by atoms with van der Waals surface area (Å²) in [4.78, 5) is 32.2. The van der Waals surface area contributed by atoms with Crippen LogP contribution >= 0.6 is 0 Å². The molecule has 0 saturated heterocycles. The lowest BCUT2D eigenvalue weighted by molar-refractivity contribution is -0.148. The number of aromatic amines is 1. The summed E-state index contributed by atoms with van der Waals surface area (Å²) in [5.74, 6) is 1.19. The number of hydrogen-bond acceptors (Lipinski definition) is 4. The van der Waals surface area contributed by atoms with Gasteiger partial charge in [-0.2, -0.15) is 0 Å². The van der Waals surface area contributed by atoms with Gasteiger partial charge in [-0.3, -0.25) is 9.59 Å². The number of carbonyl (C=O) groups is 2. The Kier molecular flexibility index (Phi) is 4.19. The van der Waals surface area contributed by atoms with Gasteiger partial charge in [0.15, 0.2) is 0 Å². The number of H-pyrrole nitrogens is 1. The Morgan fingerprint density at radius 3 is 2.88 bits per heavy atom. The van der Waals surface area contributed by atoms with E-state index in [1.165, 1.54) is 7.11 Å². The number of fused-ring (bicyclic) bond motifs is 3. The van der Waals surface area contributed by atoms with Crippen LogP contribution in [0.3, 0.4) is 0 Å². The van der Waals surface area contributed by atoms with Crippen LogP contribution in [-0.4, -0.2) is 35.0 Å². The molecular formula is C19H23N3O3. The monoisotopic (exact) mass is 341 g/mol. The number of ether oxygens (including phenoxy) is 1. The van der Waals surface area contributed by atoms with Gasteiger partial charge in [0.2, 0.25) is 5.91 Å². The van der Waals surface area contributed by atoms with E-state index in [9.17, 15) is 9.59 Å². The number of benzene rings is 1. The second kappa shape index (κ2) is 6.50. The highest BCUT2D eigenvalue weighted by Gasteiger charge is 2.51. The van der Waals surface area contributed by atoms with Crippen LogP contribution in [0.1, 0.15) is 31.5 Å². The van der Waals surface area contributed by atoms with Gasteiger partial charge < -0.3 is 15.0 Å². The number of imidazole rings is 1. The molecule has 0 radical (unpaired) electrons. The smallest absolute Gasteiger partial charge is 0.311 e. The second-order valence-electron chi connectivity index (χ2n) is 7.18. The molecule has 0 unspecified atom stereocenters. The third-order valence-electron chi connectivity index (χ3n) is 5.74. The van der Waals surface area contributed by atoms with Crippen molar-refractivity contribution in [2.45, 2.75) is 38.1 Å². The highest BCUT2D eigenvalue weighted by molar-refractivity contribution is 5.80. The van der Waals surface area contributed by atoms with Crippen molar-refractivity contribution >= 4 is 22.9 Å². The molecule has 6 heteroatoms. The average Bonchev–Trinajstić information content (AvgIpc) is 3.33. The summed E-state index contributed by atoms with van der Waals surface area (Å²) in [6, 6.07) is 7.75. The number of amides is 1. The summed E-state index contributed by atoms with van der Waals surface area (Å²) >= 11 is 0. The molecule has 4 rings (SSSR count). The summed E-state index contributed by atoms with van der Waals surface area (Å²) in [5.41, 5.74) is 1.90. The van der Waals surface area contributed by atoms with E-state index in [1.807, 2.05) is 24.3 Å². The van der Waals surface area contributed by atoms with Crippen LogP contribution in [0.4, 0.5) is 0 Å². The van der Waals surface area contributed by atoms with Crippen molar-refractivity contribution in [3.05, 3.63) is 30.1 Å². The minimum atomic E-state index is -0.185. The van der Waals surface area contributed by atoms with Crippen LogP contribution in [0.5, 0.6) is 0 Å². The van der Waals surface area contributed by atoms with E-state index in [0.29, 0.717) is 24.7 Å². The van der Waals surface area contributed by atoms with Gasteiger partial charge in [-0.25, -0.2) is 4.98 Å². The molecule has 2 saturated carbocycles. The quantitative estimate of drug-likeness (QED) is 0.817. The third-order valence-corrected chi connectivity index (χ3v) is 5.74. The third kappa shape index (κ3) is 3.01. The first-order valence-electron chi connectivity index (χ1n) is 8.96. The number of hydrogen-bond donors (Lipinski definition) is 2. The number of carbonyl (C=O) groups excluding carboxylic acids is 2. The number of para-hydroxylation sites is 2. The molecule has 2 aromatic rings. The molecule has 0 spiro atoms. The molecule has 0 aliphatic heterocycles. The number of methoxy groups -OCH3 is 1. The predicted molar refractivity (Wildman–Crippen MR) is 92.7 cm³/mol. The molecule has 2 fully saturated rings. The van der Waals surface area contributed by atoms with E-state index in [1.54, 1.807) is 0 Å². The molecule has 25 heavy (non-hydrogen) atoms. The van der Waals surface area contributed by atoms with Gasteiger partial charge in [0.25, 0.3) is 0 Å². The Hall–Kier alpha value is -2.37. The van der Waals surface area contributed by atoms with Gasteiger partial charge in [0.1, 0.15) is 5.82 Å². The Labute approximate surface area is 146 Å². The average molecular weight is 341 g/mol. The summed E-state index contributed by atoms with van der Waals surface area (Å²) in [7, 11) is 1.43. The number of nitrogens with zero attached hydrogens (tertiary/aromatic N) is 1. The first-order valence-corrected chi connectivity index (χ1v) is 8.96. The molecule has 1 aromatic heterocycles. The van der Waals surface area contributed by atoms with Gasteiger partial charge in [-0.15, -0.1) is 0 Å². The normalized spacial score (nSPS) is 27.6. The molecule has 132 valence electrons. The molecule has 2 aliphatic rings. The van der Waals surface area contributed by atoms with E-state index >= 15 is 0 Å². The zero-order valence-electron chi connectivity index (χ0n) is 14.3. The van der Waals surface area contributed by atoms with Crippen molar-refractivity contribution in [3.63, 3.8) is 0 Å². The SMILES string of the molecule is COC(=O)[C@H]1[C@H]2CC[C@@H](C2)[C@H]1NC(=O)CCc1nc2ccccc2[nH]1. The van der Waals surface area contributed by atoms with Crippen LogP contribution in [-0.2, 0) is 20.7 Å². The Bertz CT molecular complexity index is 767. The first kappa shape index (κ1) is 16.1. The number of aromatic nitrogens is 2. The first-order chi connectivity index (χ1) is 12.2. The zero-order chi connectivity index (χ0) is 17.4. The number of rotatable bonds is 5. The molecule has 4 atom stereocenters. The maximum atomic E-state index is 12.4. The van der Waals surface area contributed by atoms with Crippen molar-refractivity contribution < 1.29 is 14.3 Å². The minimum Gasteiger partial charge on any atom is -0.469 e. The van der Waals surface area contributed by atoms with E-state index < -0.39 is 0 Å². The lowest BCUT2D eigenvalue weighted by Crippen LogP contribution is -2.47. The van der Waals surface area contributed by atoms with Crippen LogP contribution in [0.15, 0.2) is 24.3 Å². The van der Waals surface area contributed by atoms with Crippen molar-refractivity contribution in [2.24, 2.45) is 17.8 Å². The Morgan fingerprint density at radius 1 is 1.28 bits per heavy atom. The summed E-state index contributed by atoms with van der Waals surface area (Å²) in [6.45, 7) is 0. The Balaban J connectivity index is 1.37. The minimum absolute atomic E-state index is 0.0214. The molecule has 2 bridgehead atoms. The maximum Gasteiger partial charge on any atom is 0.311 e. The standard InChI is InChI=1S/C19H23N3O3/c1-25-19(24)17-11-6-7-12(10-11)18(17)22-16(23)9-8-15-20-13-4-2-3-5-14(13)21-15/h2-5,11-12,17-18H,6-10H2,1H3,(H,20,21)(H,22,23)/t11-,12-,17-,18+/m0/s1. The summed E-state index contributed by atoms with van der Waals surface area (Å²) in [5, 5.41) is 3.10. The molecule has 6 nitrogen and oxygen atoms in total. The molecular weight excluding hydrogens is 318 g/mol. The van der Waals surface area contributed by atoms with Crippen molar-refractivity contribution in [3.8, 4) is 0 Å². The molecule has 2 N–H and O–H groups in total. The van der Waals surface area contributed by atoms with E-state index in [4.69, 9.17) is 4.74 Å². The molecule has 1 heterocycles. The largest absolute Gasteiger partial charge is 0.469 e. The maximum absolute atomic E-state index is 12.4. The fourth-order valence-corrected chi connectivity index (χ4v) is 4.59. The van der Waals surface area contributed by atoms with E-state index in [2.05, 4.69) is 15.3 Å². The molecule has 1 aromatic carbocycles. The van der Waals surface area contributed by atoms with Crippen LogP contribution in [0.2, 0.25) is 0 Å². The highest BCUT2D eigenvalue weighted by atomic mass is 16.5. The lowest BCUT2D eigenvalue weighted by atomic mass is 9.84. The highest BCUT2D eigenvalue weighted by Crippen LogP contribution is 2.48. The fourth-order valence-electron chi connectivity index (χ4n) is 4.59. The molecule has 1 amide bonds. The summed E-state index contributed by atoms with van der Waals surface area (Å²) < 4.78 is 4.96. The van der Waals surface area contributed by atoms with Gasteiger partial charge in [-0.05, 0) is 43.2 Å². The van der Waals surface area contributed by atoms with Gasteiger partial charge in [0.05, 0.1) is 24.1 Å². The van der Waals surface area contributed by atoms with E-state index in [-0.39, 0.29) is 23.8 Å². The van der Waals surface area contributed by atoms with Crippen molar-refractivity contribution in [2.75, 3.05) is 7.11 Å². The van der Waals surface area contributed by atoms with Gasteiger partial charge in [-0.1, -0.05) is 12.1 Å². The zero-order valence-corrected chi connectivity index (χ0v) is 14.3. The summed E-state index contributed by atoms with van der Waals surface area (Å²) in [6.07, 6.45) is 4.10. The number of esters is 1. The van der Waals surface area contributed by atoms with E-state index in [0.717, 1.165) is 36.1 Å². The van der Waals surface area contributed by atoms with Crippen LogP contribution in [0.25, 0.3) is 11.0 Å². The lowest BCUT2D eigenvalue weighted by Gasteiger charge is -2.29. The number of nitrogens with one attached hydrogen (secondary N) is 2. The number of aryl methyl sites for hydroxylation is 1. The van der Waals surface area contributed by atoms with Crippen molar-refractivity contribution in [1.29, 1.82) is 0 Å². The van der Waals surface area contributed by atoms with Crippen molar-refractivity contribution in [1.82, 2.24) is 15.3 Å².